The van der Waals surface area contributed by atoms with E-state index in [9.17, 15) is 10.2 Å². The zero-order valence-corrected chi connectivity index (χ0v) is 11.5. The van der Waals surface area contributed by atoms with Gasteiger partial charge in [0.15, 0.2) is 0 Å². The van der Waals surface area contributed by atoms with E-state index in [1.54, 1.807) is 6.07 Å². The Kier molecular flexibility index (Phi) is 1.69. The summed E-state index contributed by atoms with van der Waals surface area (Å²) < 4.78 is 40.7. The van der Waals surface area contributed by atoms with Gasteiger partial charge in [-0.05, 0) is 61.2 Å². The van der Waals surface area contributed by atoms with Crippen molar-refractivity contribution in [3.05, 3.63) is 40.9 Å². The molecule has 3 aliphatic carbocycles. The molecular formula is C18H22O2. The lowest BCUT2D eigenvalue weighted by molar-refractivity contribution is 0.0267. The summed E-state index contributed by atoms with van der Waals surface area (Å²) in [5.41, 5.74) is 1.78. The fraction of sp³-hybridized carbons (Fsp3) is 0.556. The van der Waals surface area contributed by atoms with Crippen molar-refractivity contribution in [2.24, 2.45) is 11.3 Å². The zero-order chi connectivity index (χ0) is 18.4. The first-order valence-corrected chi connectivity index (χ1v) is 7.25. The summed E-state index contributed by atoms with van der Waals surface area (Å²) in [5, 5.41) is 20.5. The van der Waals surface area contributed by atoms with Crippen LogP contribution in [0.5, 0.6) is 5.75 Å². The van der Waals surface area contributed by atoms with Gasteiger partial charge in [0.25, 0.3) is 0 Å². The summed E-state index contributed by atoms with van der Waals surface area (Å²) in [5.74, 6) is -0.552. The second-order valence-electron chi connectivity index (χ2n) is 6.40. The molecule has 1 aromatic rings. The highest BCUT2D eigenvalue weighted by molar-refractivity contribution is 5.47. The van der Waals surface area contributed by atoms with Crippen molar-refractivity contribution in [2.75, 3.05) is 0 Å². The van der Waals surface area contributed by atoms with Gasteiger partial charge in [0, 0.05) is 14.1 Å². The third-order valence-corrected chi connectivity index (χ3v) is 5.44. The molecule has 106 valence electrons. The van der Waals surface area contributed by atoms with Gasteiger partial charge in [-0.1, -0.05) is 24.6 Å². The summed E-state index contributed by atoms with van der Waals surface area (Å²) in [7, 11) is 0. The topological polar surface area (TPSA) is 40.5 Å². The summed E-state index contributed by atoms with van der Waals surface area (Å²) in [4.78, 5) is 0. The zero-order valence-electron chi connectivity index (χ0n) is 16.5. The minimum atomic E-state index is -2.13. The van der Waals surface area contributed by atoms with Crippen LogP contribution in [0.3, 0.4) is 0 Å². The first-order valence-electron chi connectivity index (χ1n) is 9.75. The largest absolute Gasteiger partial charge is 0.508 e. The molecule has 20 heavy (non-hydrogen) atoms. The molecule has 0 aliphatic heterocycles. The van der Waals surface area contributed by atoms with Crippen LogP contribution in [0.1, 0.15) is 56.5 Å². The van der Waals surface area contributed by atoms with Crippen LogP contribution in [0.2, 0.25) is 0 Å². The lowest BCUT2D eigenvalue weighted by Gasteiger charge is -2.46. The molecule has 3 aliphatic rings. The maximum atomic E-state index is 10.7. The Morgan fingerprint density at radius 3 is 3.20 bits per heavy atom. The Bertz CT molecular complexity index is 801. The molecule has 0 amide bonds. The Labute approximate surface area is 127 Å². The van der Waals surface area contributed by atoms with Crippen LogP contribution >= 0.6 is 0 Å². The first-order chi connectivity index (χ1) is 11.5. The van der Waals surface area contributed by atoms with Gasteiger partial charge < -0.3 is 10.2 Å². The lowest BCUT2D eigenvalue weighted by Crippen LogP contribution is -2.39. The van der Waals surface area contributed by atoms with E-state index in [4.69, 9.17) is 6.85 Å². The first kappa shape index (κ1) is 8.23. The maximum absolute atomic E-state index is 10.7. The molecule has 0 unspecified atom stereocenters. The van der Waals surface area contributed by atoms with Crippen LogP contribution in [0, 0.1) is 11.3 Å². The maximum Gasteiger partial charge on any atom is 0.115 e. The van der Waals surface area contributed by atoms with Crippen LogP contribution in [-0.2, 0) is 6.42 Å². The number of hydrogen-bond donors (Lipinski definition) is 2. The molecule has 0 radical (unpaired) electrons. The second kappa shape index (κ2) is 4.11. The van der Waals surface area contributed by atoms with Gasteiger partial charge in [-0.2, -0.15) is 0 Å². The van der Waals surface area contributed by atoms with Gasteiger partial charge in [0.05, 0.1) is 10.2 Å². The van der Waals surface area contributed by atoms with Gasteiger partial charge in [-0.25, -0.2) is 0 Å². The molecular weight excluding hydrogens is 248 g/mol. The number of hydrogen-bond acceptors (Lipinski definition) is 2. The highest BCUT2D eigenvalue weighted by Crippen LogP contribution is 2.59. The van der Waals surface area contributed by atoms with Crippen LogP contribution < -0.4 is 0 Å². The van der Waals surface area contributed by atoms with Crippen LogP contribution in [0.25, 0.3) is 0 Å². The van der Waals surface area contributed by atoms with E-state index >= 15 is 0 Å². The van der Waals surface area contributed by atoms with Gasteiger partial charge in [-0.15, -0.1) is 0 Å². The number of allylic oxidation sites excluding steroid dienone is 2. The molecule has 2 saturated carbocycles. The number of phenols is 1. The molecule has 0 aromatic heterocycles. The fourth-order valence-corrected chi connectivity index (χ4v) is 4.23. The average molecular weight is 275 g/mol. The molecule has 0 saturated heterocycles. The number of aliphatic hydroxyl groups is 1. The minimum absolute atomic E-state index is 0.00452. The minimum Gasteiger partial charge on any atom is -0.508 e. The van der Waals surface area contributed by atoms with E-state index in [-0.39, 0.29) is 36.1 Å². The fourth-order valence-electron chi connectivity index (χ4n) is 4.23. The predicted octanol–water partition coefficient (Wildman–Crippen LogP) is 3.53. The van der Waals surface area contributed by atoms with Crippen molar-refractivity contribution in [3.8, 4) is 5.75 Å². The monoisotopic (exact) mass is 275 g/mol. The quantitative estimate of drug-likeness (QED) is 0.711. The average Bonchev–Trinajstić information content (AvgIpc) is 2.68. The van der Waals surface area contributed by atoms with E-state index in [1.165, 1.54) is 0 Å². The van der Waals surface area contributed by atoms with Gasteiger partial charge in [-0.3, -0.25) is 0 Å². The Hall–Kier alpha value is -1.28. The SMILES string of the molecule is [2H]c1cc2c(c([2H])c1O)CC=C1[C@@H]2CC[C@@]2(C)[C@H]1CC([2H])([2H])[C@]2([2H])O. The molecule has 0 spiro atoms. The molecule has 4 rings (SSSR count). The van der Waals surface area contributed by atoms with Crippen molar-refractivity contribution < 1.29 is 17.1 Å². The van der Waals surface area contributed by atoms with Crippen LogP contribution in [0.4, 0.5) is 0 Å². The summed E-state index contributed by atoms with van der Waals surface area (Å²) in [6, 6.07) is 1.57. The van der Waals surface area contributed by atoms with Gasteiger partial charge >= 0.3 is 0 Å². The second-order valence-corrected chi connectivity index (χ2v) is 6.40. The third-order valence-electron chi connectivity index (χ3n) is 5.44. The lowest BCUT2D eigenvalue weighted by atomic mass is 9.59. The summed E-state index contributed by atoms with van der Waals surface area (Å²) in [6.45, 7) is 1.81. The predicted molar refractivity (Wildman–Crippen MR) is 78.7 cm³/mol. The number of phenolic OH excluding ortho intramolecular Hbond substituents is 1. The third kappa shape index (κ3) is 1.54. The van der Waals surface area contributed by atoms with E-state index in [0.717, 1.165) is 16.7 Å². The van der Waals surface area contributed by atoms with Crippen LogP contribution in [0.15, 0.2) is 29.8 Å². The summed E-state index contributed by atoms with van der Waals surface area (Å²) in [6.07, 6.45) is -0.382. The van der Waals surface area contributed by atoms with E-state index in [1.807, 2.05) is 13.0 Å². The Balaban J connectivity index is 1.82. The highest BCUT2D eigenvalue weighted by Gasteiger charge is 2.51. The molecule has 4 atom stereocenters. The van der Waals surface area contributed by atoms with E-state index in [0.29, 0.717) is 19.3 Å². The van der Waals surface area contributed by atoms with Crippen LogP contribution in [-0.4, -0.2) is 16.3 Å². The molecule has 0 bridgehead atoms. The normalized spacial score (nSPS) is 48.5. The van der Waals surface area contributed by atoms with E-state index < -0.39 is 17.9 Å². The Morgan fingerprint density at radius 2 is 2.35 bits per heavy atom. The number of rotatable bonds is 0. The molecule has 2 heteroatoms. The van der Waals surface area contributed by atoms with Gasteiger partial charge in [0.1, 0.15) is 5.75 Å². The molecule has 2 nitrogen and oxygen atoms in total. The van der Waals surface area contributed by atoms with Crippen molar-refractivity contribution in [2.45, 2.75) is 51.0 Å². The number of fused-ring (bicyclic) bond motifs is 5. The van der Waals surface area contributed by atoms with Gasteiger partial charge in [0.2, 0.25) is 0 Å². The molecule has 2 fully saturated rings. The number of aromatic hydroxyl groups is 1. The number of benzene rings is 1. The van der Waals surface area contributed by atoms with Crippen molar-refractivity contribution >= 4 is 0 Å². The Morgan fingerprint density at radius 1 is 1.50 bits per heavy atom. The molecule has 1 aromatic carbocycles. The molecule has 2 N–H and O–H groups in total. The van der Waals surface area contributed by atoms with Crippen molar-refractivity contribution in [1.82, 2.24) is 0 Å². The van der Waals surface area contributed by atoms with Crippen molar-refractivity contribution in [1.29, 1.82) is 0 Å². The highest BCUT2D eigenvalue weighted by atomic mass is 16.3. The summed E-state index contributed by atoms with van der Waals surface area (Å²) >= 11 is 0. The smallest absolute Gasteiger partial charge is 0.115 e. The molecule has 0 heterocycles. The van der Waals surface area contributed by atoms with Crippen molar-refractivity contribution in [3.63, 3.8) is 0 Å². The standard InChI is InChI=1S/C18H22O2/c1-18-9-8-14-13-5-3-12(19)10-11(13)2-4-15(14)16(18)6-7-17(18)20/h3-5,10,14,16-17,19-20H,2,6-9H2,1H3/t14-,16+,17+,18+/m1/s1/i3D,7D2,10D,17D. The van der Waals surface area contributed by atoms with E-state index in [2.05, 4.69) is 0 Å².